The molecule has 0 bridgehead atoms. The second kappa shape index (κ2) is 7.20. The number of aliphatic hydroxyl groups excluding tert-OH is 1. The first-order valence-corrected chi connectivity index (χ1v) is 9.62. The average Bonchev–Trinajstić information content (AvgIpc) is 2.68. The Labute approximate surface area is 122 Å². The first-order valence-electron chi connectivity index (χ1n) is 7.80. The van der Waals surface area contributed by atoms with Gasteiger partial charge in [-0.05, 0) is 39.4 Å². The molecule has 0 spiro atoms. The fraction of sp³-hybridized carbons (Fsp3) is 1.00. The van der Waals surface area contributed by atoms with Crippen molar-refractivity contribution in [1.82, 2.24) is 10.2 Å². The van der Waals surface area contributed by atoms with Crippen molar-refractivity contribution in [3.8, 4) is 0 Å². The van der Waals surface area contributed by atoms with Crippen LogP contribution in [0.25, 0.3) is 0 Å². The molecule has 20 heavy (non-hydrogen) atoms. The van der Waals surface area contributed by atoms with Crippen LogP contribution in [0, 0.1) is 0 Å². The molecule has 2 fully saturated rings. The van der Waals surface area contributed by atoms with E-state index in [1.165, 1.54) is 32.1 Å². The van der Waals surface area contributed by atoms with E-state index in [-0.39, 0.29) is 17.5 Å². The van der Waals surface area contributed by atoms with Crippen LogP contribution in [-0.4, -0.2) is 68.3 Å². The molecule has 2 unspecified atom stereocenters. The van der Waals surface area contributed by atoms with Gasteiger partial charge in [0, 0.05) is 12.1 Å². The highest BCUT2D eigenvalue weighted by Crippen LogP contribution is 2.21. The minimum absolute atomic E-state index is 0.0760. The number of hydrogen-bond donors (Lipinski definition) is 2. The molecule has 2 aliphatic rings. The van der Waals surface area contributed by atoms with Gasteiger partial charge in [-0.15, -0.1) is 0 Å². The van der Waals surface area contributed by atoms with E-state index in [2.05, 4.69) is 17.3 Å². The standard InChI is InChI=1S/C14H28N2O3S/c1-16(12-6-3-2-4-7-12)9-5-8-15-13-10-20(18,19)11-14(13)17/h12-15,17H,2-11H2,1H3. The zero-order chi connectivity index (χ0) is 14.6. The Morgan fingerprint density at radius 1 is 1.20 bits per heavy atom. The third kappa shape index (κ3) is 4.69. The predicted octanol–water partition coefficient (Wildman–Crippen LogP) is 0.389. The molecule has 1 saturated heterocycles. The zero-order valence-corrected chi connectivity index (χ0v) is 13.2. The van der Waals surface area contributed by atoms with Gasteiger partial charge in [0.05, 0.1) is 17.6 Å². The summed E-state index contributed by atoms with van der Waals surface area (Å²) < 4.78 is 22.8. The van der Waals surface area contributed by atoms with Gasteiger partial charge in [-0.2, -0.15) is 0 Å². The summed E-state index contributed by atoms with van der Waals surface area (Å²) in [5.41, 5.74) is 0. The summed E-state index contributed by atoms with van der Waals surface area (Å²) in [6.07, 6.45) is 6.94. The molecule has 1 heterocycles. The van der Waals surface area contributed by atoms with Crippen molar-refractivity contribution in [2.45, 2.75) is 56.7 Å². The predicted molar refractivity (Wildman–Crippen MR) is 80.6 cm³/mol. The topological polar surface area (TPSA) is 69.6 Å². The molecular weight excluding hydrogens is 276 g/mol. The molecule has 5 nitrogen and oxygen atoms in total. The summed E-state index contributed by atoms with van der Waals surface area (Å²) in [7, 11) is -0.853. The van der Waals surface area contributed by atoms with Crippen LogP contribution in [0.15, 0.2) is 0 Å². The molecule has 2 rings (SSSR count). The summed E-state index contributed by atoms with van der Waals surface area (Å²) in [4.78, 5) is 2.43. The molecule has 0 aromatic rings. The molecule has 0 aromatic heterocycles. The minimum Gasteiger partial charge on any atom is -0.390 e. The third-order valence-corrected chi connectivity index (χ3v) is 6.33. The highest BCUT2D eigenvalue weighted by Gasteiger charge is 2.35. The Kier molecular flexibility index (Phi) is 5.84. The van der Waals surface area contributed by atoms with Crippen molar-refractivity contribution in [3.05, 3.63) is 0 Å². The summed E-state index contributed by atoms with van der Waals surface area (Å²) in [5.74, 6) is -0.0146. The van der Waals surface area contributed by atoms with Crippen LogP contribution in [0.2, 0.25) is 0 Å². The molecule has 0 amide bonds. The summed E-state index contributed by atoms with van der Waals surface area (Å²) >= 11 is 0. The van der Waals surface area contributed by atoms with Gasteiger partial charge in [-0.25, -0.2) is 8.42 Å². The molecule has 0 radical (unpaired) electrons. The zero-order valence-electron chi connectivity index (χ0n) is 12.4. The quantitative estimate of drug-likeness (QED) is 0.695. The van der Waals surface area contributed by atoms with Gasteiger partial charge in [0.25, 0.3) is 0 Å². The number of nitrogens with one attached hydrogen (secondary N) is 1. The number of aliphatic hydroxyl groups is 1. The lowest BCUT2D eigenvalue weighted by molar-refractivity contribution is 0.161. The Balaban J connectivity index is 1.61. The highest BCUT2D eigenvalue weighted by atomic mass is 32.2. The maximum absolute atomic E-state index is 11.4. The van der Waals surface area contributed by atoms with Crippen LogP contribution in [0.1, 0.15) is 38.5 Å². The van der Waals surface area contributed by atoms with Crippen LogP contribution in [0.3, 0.4) is 0 Å². The van der Waals surface area contributed by atoms with E-state index in [4.69, 9.17) is 0 Å². The van der Waals surface area contributed by atoms with E-state index in [0.717, 1.165) is 25.6 Å². The van der Waals surface area contributed by atoms with Gasteiger partial charge in [0.2, 0.25) is 0 Å². The molecule has 1 aliphatic carbocycles. The Morgan fingerprint density at radius 3 is 2.50 bits per heavy atom. The molecular formula is C14H28N2O3S. The van der Waals surface area contributed by atoms with Crippen molar-refractivity contribution in [2.24, 2.45) is 0 Å². The lowest BCUT2D eigenvalue weighted by atomic mass is 9.94. The third-order valence-electron chi connectivity index (χ3n) is 4.61. The first-order chi connectivity index (χ1) is 9.48. The van der Waals surface area contributed by atoms with E-state index >= 15 is 0 Å². The highest BCUT2D eigenvalue weighted by molar-refractivity contribution is 7.91. The van der Waals surface area contributed by atoms with Crippen molar-refractivity contribution in [3.63, 3.8) is 0 Å². The Morgan fingerprint density at radius 2 is 1.90 bits per heavy atom. The molecule has 118 valence electrons. The lowest BCUT2D eigenvalue weighted by Gasteiger charge is -2.31. The summed E-state index contributed by atoms with van der Waals surface area (Å²) in [5, 5.41) is 12.9. The van der Waals surface area contributed by atoms with E-state index in [1.807, 2.05) is 0 Å². The normalized spacial score (nSPS) is 30.9. The van der Waals surface area contributed by atoms with Crippen molar-refractivity contribution < 1.29 is 13.5 Å². The molecule has 1 aliphatic heterocycles. The molecule has 1 saturated carbocycles. The Hall–Kier alpha value is -0.170. The molecule has 6 heteroatoms. The van der Waals surface area contributed by atoms with Crippen molar-refractivity contribution in [2.75, 3.05) is 31.6 Å². The van der Waals surface area contributed by atoms with Gasteiger partial charge in [-0.3, -0.25) is 0 Å². The van der Waals surface area contributed by atoms with Gasteiger partial charge in [-0.1, -0.05) is 19.3 Å². The van der Waals surface area contributed by atoms with Crippen LogP contribution in [0.5, 0.6) is 0 Å². The van der Waals surface area contributed by atoms with Crippen molar-refractivity contribution in [1.29, 1.82) is 0 Å². The summed E-state index contributed by atoms with van der Waals surface area (Å²) in [6, 6.07) is 0.446. The average molecular weight is 304 g/mol. The summed E-state index contributed by atoms with van der Waals surface area (Å²) in [6.45, 7) is 1.81. The maximum Gasteiger partial charge on any atom is 0.154 e. The first kappa shape index (κ1) is 16.2. The number of sulfone groups is 1. The largest absolute Gasteiger partial charge is 0.390 e. The minimum atomic E-state index is -3.04. The van der Waals surface area contributed by atoms with Crippen LogP contribution in [-0.2, 0) is 9.84 Å². The van der Waals surface area contributed by atoms with Crippen LogP contribution >= 0.6 is 0 Å². The lowest BCUT2D eigenvalue weighted by Crippen LogP contribution is -2.41. The van der Waals surface area contributed by atoms with Gasteiger partial charge in [0.15, 0.2) is 9.84 Å². The van der Waals surface area contributed by atoms with E-state index < -0.39 is 15.9 Å². The molecule has 2 N–H and O–H groups in total. The maximum atomic E-state index is 11.4. The SMILES string of the molecule is CN(CCCNC1CS(=O)(=O)CC1O)C1CCCCC1. The molecule has 0 aromatic carbocycles. The van der Waals surface area contributed by atoms with E-state index in [0.29, 0.717) is 0 Å². The van der Waals surface area contributed by atoms with Crippen molar-refractivity contribution >= 4 is 9.84 Å². The number of rotatable bonds is 6. The van der Waals surface area contributed by atoms with Crippen LogP contribution in [0.4, 0.5) is 0 Å². The fourth-order valence-corrected chi connectivity index (χ4v) is 5.12. The second-order valence-corrected chi connectivity index (χ2v) is 8.48. The number of hydrogen-bond acceptors (Lipinski definition) is 5. The second-order valence-electron chi connectivity index (χ2n) is 6.33. The van der Waals surface area contributed by atoms with E-state index in [9.17, 15) is 13.5 Å². The fourth-order valence-electron chi connectivity index (χ4n) is 3.34. The smallest absolute Gasteiger partial charge is 0.154 e. The van der Waals surface area contributed by atoms with Crippen LogP contribution < -0.4 is 5.32 Å². The van der Waals surface area contributed by atoms with Gasteiger partial charge >= 0.3 is 0 Å². The number of nitrogens with zero attached hydrogens (tertiary/aromatic N) is 1. The van der Waals surface area contributed by atoms with E-state index in [1.54, 1.807) is 0 Å². The Bertz CT molecular complexity index is 393. The monoisotopic (exact) mass is 304 g/mol. The molecule has 2 atom stereocenters. The van der Waals surface area contributed by atoms with Gasteiger partial charge in [0.1, 0.15) is 0 Å². The van der Waals surface area contributed by atoms with Gasteiger partial charge < -0.3 is 15.3 Å².